The third kappa shape index (κ3) is 3.65. The molecule has 0 saturated carbocycles. The van der Waals surface area contributed by atoms with Gasteiger partial charge in [0.2, 0.25) is 0 Å². The minimum atomic E-state index is -0.0840. The Morgan fingerprint density at radius 3 is 2.41 bits per heavy atom. The van der Waals surface area contributed by atoms with Crippen LogP contribution in [0.4, 0.5) is 0 Å². The average Bonchev–Trinajstić information content (AvgIpc) is 3.08. The summed E-state index contributed by atoms with van der Waals surface area (Å²) in [7, 11) is 0. The quantitative estimate of drug-likeness (QED) is 0.523. The van der Waals surface area contributed by atoms with Crippen LogP contribution in [0.15, 0.2) is 66.1 Å². The smallest absolute Gasteiger partial charge is 0.185 e. The highest BCUT2D eigenvalue weighted by molar-refractivity contribution is 7.03. The molecule has 3 aromatic rings. The molecule has 3 rings (SSSR count). The highest BCUT2D eigenvalue weighted by Crippen LogP contribution is 2.21. The highest BCUT2D eigenvalue weighted by atomic mass is 32.1. The van der Waals surface area contributed by atoms with Crippen molar-refractivity contribution in [3.8, 4) is 11.5 Å². The van der Waals surface area contributed by atoms with Crippen molar-refractivity contribution in [3.63, 3.8) is 0 Å². The number of aromatic nitrogens is 2. The third-order valence-corrected chi connectivity index (χ3v) is 3.42. The van der Waals surface area contributed by atoms with Crippen molar-refractivity contribution in [2.75, 3.05) is 0 Å². The van der Waals surface area contributed by atoms with Crippen molar-refractivity contribution in [1.82, 2.24) is 9.59 Å². The first kappa shape index (κ1) is 14.2. The van der Waals surface area contributed by atoms with Gasteiger partial charge in [0.1, 0.15) is 11.5 Å². The Bertz CT molecular complexity index is 766. The fourth-order valence-corrected chi connectivity index (χ4v) is 2.24. The van der Waals surface area contributed by atoms with Crippen molar-refractivity contribution in [1.29, 1.82) is 0 Å². The van der Waals surface area contributed by atoms with E-state index in [4.69, 9.17) is 4.74 Å². The van der Waals surface area contributed by atoms with Gasteiger partial charge in [0, 0.05) is 10.9 Å². The molecule has 0 aliphatic rings. The standard InChI is InChI=1S/C17H12N2O2S/c20-17(11-8-14-12-22-19-18-14)13-6-9-16(10-7-13)21-15-4-2-1-3-5-15/h1-12H/b11-8+. The van der Waals surface area contributed by atoms with E-state index in [9.17, 15) is 4.79 Å². The summed E-state index contributed by atoms with van der Waals surface area (Å²) in [6.07, 6.45) is 3.14. The number of ketones is 1. The zero-order valence-corrected chi connectivity index (χ0v) is 12.4. The lowest BCUT2D eigenvalue weighted by Gasteiger charge is -2.05. The summed E-state index contributed by atoms with van der Waals surface area (Å²) in [6, 6.07) is 16.5. The number of ether oxygens (including phenoxy) is 1. The van der Waals surface area contributed by atoms with Crippen molar-refractivity contribution in [2.24, 2.45) is 0 Å². The second kappa shape index (κ2) is 6.78. The molecule has 0 unspecified atom stereocenters. The summed E-state index contributed by atoms with van der Waals surface area (Å²) in [5.74, 6) is 1.37. The van der Waals surface area contributed by atoms with Crippen LogP contribution < -0.4 is 4.74 Å². The maximum Gasteiger partial charge on any atom is 0.185 e. The molecule has 5 heteroatoms. The van der Waals surface area contributed by atoms with Gasteiger partial charge >= 0.3 is 0 Å². The summed E-state index contributed by atoms with van der Waals surface area (Å²) in [6.45, 7) is 0. The molecular weight excluding hydrogens is 296 g/mol. The van der Waals surface area contributed by atoms with Gasteiger partial charge in [0.05, 0.1) is 5.69 Å². The van der Waals surface area contributed by atoms with Gasteiger partial charge < -0.3 is 4.74 Å². The van der Waals surface area contributed by atoms with Crippen LogP contribution in [0, 0.1) is 0 Å². The highest BCUT2D eigenvalue weighted by Gasteiger charge is 2.03. The molecule has 0 N–H and O–H groups in total. The molecule has 1 aromatic heterocycles. The number of allylic oxidation sites excluding steroid dienone is 1. The van der Waals surface area contributed by atoms with Crippen molar-refractivity contribution in [3.05, 3.63) is 77.3 Å². The fourth-order valence-electron chi connectivity index (χ4n) is 1.81. The summed E-state index contributed by atoms with van der Waals surface area (Å²) >= 11 is 1.25. The topological polar surface area (TPSA) is 52.1 Å². The molecule has 0 amide bonds. The summed E-state index contributed by atoms with van der Waals surface area (Å²) in [4.78, 5) is 12.0. The number of hydrogen-bond donors (Lipinski definition) is 0. The molecule has 0 saturated heterocycles. The van der Waals surface area contributed by atoms with Gasteiger partial charge in [0.15, 0.2) is 5.78 Å². The Labute approximate surface area is 131 Å². The second-order valence-electron chi connectivity index (χ2n) is 4.47. The van der Waals surface area contributed by atoms with Gasteiger partial charge in [-0.25, -0.2) is 0 Å². The van der Waals surface area contributed by atoms with Crippen LogP contribution in [-0.2, 0) is 0 Å². The maximum atomic E-state index is 12.0. The maximum absolute atomic E-state index is 12.0. The minimum absolute atomic E-state index is 0.0840. The molecule has 108 valence electrons. The van der Waals surface area contributed by atoms with Gasteiger partial charge in [-0.3, -0.25) is 4.79 Å². The predicted octanol–water partition coefficient (Wildman–Crippen LogP) is 4.23. The number of carbonyl (C=O) groups is 1. The Morgan fingerprint density at radius 1 is 1.00 bits per heavy atom. The molecular formula is C17H12N2O2S. The SMILES string of the molecule is O=C(/C=C/c1csnn1)c1ccc(Oc2ccccc2)cc1. The zero-order chi connectivity index (χ0) is 15.2. The van der Waals surface area contributed by atoms with Gasteiger partial charge in [0.25, 0.3) is 0 Å². The molecule has 4 nitrogen and oxygen atoms in total. The first-order valence-electron chi connectivity index (χ1n) is 6.64. The van der Waals surface area contributed by atoms with Crippen molar-refractivity contribution < 1.29 is 9.53 Å². The zero-order valence-electron chi connectivity index (χ0n) is 11.5. The lowest BCUT2D eigenvalue weighted by atomic mass is 10.1. The van der Waals surface area contributed by atoms with Gasteiger partial charge in [-0.2, -0.15) is 0 Å². The second-order valence-corrected chi connectivity index (χ2v) is 5.08. The van der Waals surface area contributed by atoms with E-state index in [1.807, 2.05) is 30.3 Å². The number of rotatable bonds is 5. The molecule has 0 radical (unpaired) electrons. The normalized spacial score (nSPS) is 10.7. The van der Waals surface area contributed by atoms with Crippen LogP contribution >= 0.6 is 11.5 Å². The molecule has 0 atom stereocenters. The number of carbonyl (C=O) groups excluding carboxylic acids is 1. The van der Waals surface area contributed by atoms with Crippen LogP contribution in [0.3, 0.4) is 0 Å². The van der Waals surface area contributed by atoms with E-state index < -0.39 is 0 Å². The van der Waals surface area contributed by atoms with Crippen LogP contribution in [-0.4, -0.2) is 15.4 Å². The predicted molar refractivity (Wildman–Crippen MR) is 86.2 cm³/mol. The van der Waals surface area contributed by atoms with Gasteiger partial charge in [-0.15, -0.1) is 5.10 Å². The van der Waals surface area contributed by atoms with Crippen LogP contribution in [0.25, 0.3) is 6.08 Å². The molecule has 0 fully saturated rings. The summed E-state index contributed by atoms with van der Waals surface area (Å²) < 4.78 is 9.42. The molecule has 2 aromatic carbocycles. The number of para-hydroxylation sites is 1. The third-order valence-electron chi connectivity index (χ3n) is 2.90. The molecule has 1 heterocycles. The molecule has 0 aliphatic carbocycles. The van der Waals surface area contributed by atoms with E-state index in [-0.39, 0.29) is 5.78 Å². The number of hydrogen-bond acceptors (Lipinski definition) is 5. The Morgan fingerprint density at radius 2 is 1.73 bits per heavy atom. The van der Waals surface area contributed by atoms with E-state index >= 15 is 0 Å². The number of nitrogens with zero attached hydrogens (tertiary/aromatic N) is 2. The van der Waals surface area contributed by atoms with E-state index in [0.29, 0.717) is 17.0 Å². The summed E-state index contributed by atoms with van der Waals surface area (Å²) in [5, 5.41) is 5.63. The lowest BCUT2D eigenvalue weighted by molar-refractivity contribution is 0.104. The Balaban J connectivity index is 1.67. The largest absolute Gasteiger partial charge is 0.457 e. The molecule has 0 spiro atoms. The first-order chi connectivity index (χ1) is 10.8. The van der Waals surface area contributed by atoms with Crippen LogP contribution in [0.2, 0.25) is 0 Å². The molecule has 0 aliphatic heterocycles. The number of benzene rings is 2. The van der Waals surface area contributed by atoms with Gasteiger partial charge in [-0.05, 0) is 60.1 Å². The van der Waals surface area contributed by atoms with E-state index in [1.165, 1.54) is 17.6 Å². The van der Waals surface area contributed by atoms with Crippen LogP contribution in [0.5, 0.6) is 11.5 Å². The first-order valence-corrected chi connectivity index (χ1v) is 7.47. The summed E-state index contributed by atoms with van der Waals surface area (Å²) in [5.41, 5.74) is 1.28. The van der Waals surface area contributed by atoms with E-state index in [0.717, 1.165) is 5.75 Å². The Hall–Kier alpha value is -2.79. The van der Waals surface area contributed by atoms with Crippen LogP contribution in [0.1, 0.15) is 16.1 Å². The Kier molecular flexibility index (Phi) is 4.36. The molecule has 0 bridgehead atoms. The van der Waals surface area contributed by atoms with Crippen molar-refractivity contribution in [2.45, 2.75) is 0 Å². The fraction of sp³-hybridized carbons (Fsp3) is 0. The monoisotopic (exact) mass is 308 g/mol. The minimum Gasteiger partial charge on any atom is -0.457 e. The van der Waals surface area contributed by atoms with Gasteiger partial charge in [-0.1, -0.05) is 22.7 Å². The van der Waals surface area contributed by atoms with E-state index in [2.05, 4.69) is 9.59 Å². The molecule has 22 heavy (non-hydrogen) atoms. The van der Waals surface area contributed by atoms with E-state index in [1.54, 1.807) is 35.7 Å². The average molecular weight is 308 g/mol. The van der Waals surface area contributed by atoms with Crippen molar-refractivity contribution >= 4 is 23.4 Å². The lowest BCUT2D eigenvalue weighted by Crippen LogP contribution is -1.94.